The number of H-pyrrole nitrogens is 2. The second kappa shape index (κ2) is 6.55. The number of hydrogen-bond donors (Lipinski definition) is 3. The Morgan fingerprint density at radius 3 is 2.83 bits per heavy atom. The number of aromatic nitrogens is 6. The van der Waals surface area contributed by atoms with E-state index in [4.69, 9.17) is 4.74 Å². The van der Waals surface area contributed by atoms with Crippen LogP contribution in [0.15, 0.2) is 40.2 Å². The minimum absolute atomic E-state index is 0.0214. The first kappa shape index (κ1) is 17.1. The van der Waals surface area contributed by atoms with Crippen molar-refractivity contribution < 1.29 is 14.2 Å². The maximum atomic E-state index is 14.0. The monoisotopic (exact) mass is 395 g/mol. The standard InChI is InChI=1S/C18H14FN7O3/c19-11-3-1-2-4-13(11)29-18-23-14-9(7-12-15(27)24-17(28)22-12)8-20-26(14)16(25-18)21-10-5-6-10/h1-4,7-8,10,27H,5-6H2,(H2,22,24,28)/b9-7-,21-16?. The number of nitrogens with zero attached hydrogens (tertiary/aromatic N) is 5. The van der Waals surface area contributed by atoms with Gasteiger partial charge >= 0.3 is 11.7 Å². The van der Waals surface area contributed by atoms with E-state index in [1.165, 1.54) is 28.9 Å². The van der Waals surface area contributed by atoms with Gasteiger partial charge in [0.2, 0.25) is 5.88 Å². The minimum atomic E-state index is -0.549. The normalized spacial score (nSPS) is 15.3. The van der Waals surface area contributed by atoms with Gasteiger partial charge in [-0.3, -0.25) is 4.98 Å². The molecule has 1 aliphatic carbocycles. The molecule has 0 atom stereocenters. The van der Waals surface area contributed by atoms with Crippen molar-refractivity contribution in [2.24, 2.45) is 4.99 Å². The molecule has 3 aromatic heterocycles. The van der Waals surface area contributed by atoms with Gasteiger partial charge in [0.15, 0.2) is 17.2 Å². The highest BCUT2D eigenvalue weighted by molar-refractivity contribution is 5.56. The van der Waals surface area contributed by atoms with Gasteiger partial charge in [0.05, 0.1) is 12.2 Å². The third kappa shape index (κ3) is 3.33. The number of ether oxygens (including phenoxy) is 1. The van der Waals surface area contributed by atoms with Crippen LogP contribution >= 0.6 is 0 Å². The molecule has 0 radical (unpaired) electrons. The van der Waals surface area contributed by atoms with Crippen LogP contribution < -0.4 is 21.3 Å². The highest BCUT2D eigenvalue weighted by Crippen LogP contribution is 2.23. The lowest BCUT2D eigenvalue weighted by Crippen LogP contribution is -2.23. The molecule has 1 fully saturated rings. The first-order valence-corrected chi connectivity index (χ1v) is 8.82. The second-order valence-corrected chi connectivity index (χ2v) is 6.52. The minimum Gasteiger partial charge on any atom is -0.493 e. The molecule has 0 spiro atoms. The number of imidazole rings is 1. The molecule has 4 aromatic rings. The molecule has 1 aromatic carbocycles. The molecule has 1 aliphatic rings. The molecule has 146 valence electrons. The number of nitrogens with one attached hydrogen (secondary N) is 2. The first-order valence-electron chi connectivity index (χ1n) is 8.82. The molecule has 0 amide bonds. The van der Waals surface area contributed by atoms with Crippen LogP contribution in [0.1, 0.15) is 18.5 Å². The van der Waals surface area contributed by atoms with Gasteiger partial charge in [-0.05, 0) is 31.1 Å². The Bertz CT molecular complexity index is 1400. The zero-order valence-electron chi connectivity index (χ0n) is 14.8. The van der Waals surface area contributed by atoms with Crippen LogP contribution in [-0.2, 0) is 0 Å². The fourth-order valence-corrected chi connectivity index (χ4v) is 2.73. The van der Waals surface area contributed by atoms with E-state index in [1.807, 2.05) is 0 Å². The predicted octanol–water partition coefficient (Wildman–Crippen LogP) is 0.388. The average Bonchev–Trinajstić information content (AvgIpc) is 3.33. The highest BCUT2D eigenvalue weighted by Gasteiger charge is 2.21. The Balaban J connectivity index is 1.70. The highest BCUT2D eigenvalue weighted by atomic mass is 19.1. The van der Waals surface area contributed by atoms with Crippen molar-refractivity contribution in [3.05, 3.63) is 63.3 Å². The summed E-state index contributed by atoms with van der Waals surface area (Å²) in [6.45, 7) is 0. The summed E-state index contributed by atoms with van der Waals surface area (Å²) in [4.78, 5) is 29.2. The molecule has 5 rings (SSSR count). The first-order chi connectivity index (χ1) is 14.1. The number of benzene rings is 1. The van der Waals surface area contributed by atoms with E-state index in [0.717, 1.165) is 12.8 Å². The predicted molar refractivity (Wildman–Crippen MR) is 97.7 cm³/mol. The van der Waals surface area contributed by atoms with Crippen molar-refractivity contribution >= 4 is 11.7 Å². The zero-order valence-corrected chi connectivity index (χ0v) is 14.8. The molecule has 10 nitrogen and oxygen atoms in total. The van der Waals surface area contributed by atoms with Crippen molar-refractivity contribution in [1.29, 1.82) is 0 Å². The molecule has 3 heterocycles. The van der Waals surface area contributed by atoms with Gasteiger partial charge in [-0.1, -0.05) is 12.1 Å². The molecule has 0 bridgehead atoms. The van der Waals surface area contributed by atoms with Crippen LogP contribution in [0.4, 0.5) is 4.39 Å². The van der Waals surface area contributed by atoms with Crippen LogP contribution in [0.2, 0.25) is 0 Å². The van der Waals surface area contributed by atoms with E-state index in [2.05, 4.69) is 30.0 Å². The average molecular weight is 395 g/mol. The van der Waals surface area contributed by atoms with Gasteiger partial charge in [0.25, 0.3) is 5.62 Å². The number of fused-ring (bicyclic) bond motifs is 1. The number of para-hydroxylation sites is 1. The maximum absolute atomic E-state index is 14.0. The van der Waals surface area contributed by atoms with Crippen LogP contribution in [0, 0.1) is 5.82 Å². The quantitative estimate of drug-likeness (QED) is 0.458. The lowest BCUT2D eigenvalue weighted by Gasteiger charge is -2.05. The summed E-state index contributed by atoms with van der Waals surface area (Å²) in [7, 11) is 0. The SMILES string of the molecule is O=c1[nH]c(O)c(/C=c2/cnn3c(=NC4CC4)nc(Oc4ccccc4F)nc23)[nH]1. The van der Waals surface area contributed by atoms with E-state index in [0.29, 0.717) is 10.9 Å². The fraction of sp³-hybridized carbons (Fsp3) is 0.167. The number of hydrogen-bond acceptors (Lipinski definition) is 7. The van der Waals surface area contributed by atoms with Gasteiger partial charge in [0, 0.05) is 5.22 Å². The fourth-order valence-electron chi connectivity index (χ4n) is 2.73. The summed E-state index contributed by atoms with van der Waals surface area (Å²) in [5.74, 6) is -0.882. The summed E-state index contributed by atoms with van der Waals surface area (Å²) in [5, 5.41) is 14.5. The van der Waals surface area contributed by atoms with E-state index in [9.17, 15) is 14.3 Å². The van der Waals surface area contributed by atoms with Gasteiger partial charge in [0.1, 0.15) is 5.69 Å². The maximum Gasteiger partial charge on any atom is 0.327 e. The van der Waals surface area contributed by atoms with Gasteiger partial charge in [-0.15, -0.1) is 0 Å². The number of rotatable bonds is 4. The third-order valence-electron chi connectivity index (χ3n) is 4.28. The molecular formula is C18H14FN7O3. The van der Waals surface area contributed by atoms with Crippen molar-refractivity contribution in [3.63, 3.8) is 0 Å². The van der Waals surface area contributed by atoms with Crippen LogP contribution in [0.25, 0.3) is 11.7 Å². The third-order valence-corrected chi connectivity index (χ3v) is 4.28. The summed E-state index contributed by atoms with van der Waals surface area (Å²) in [5.41, 5.74) is 0.219. The Morgan fingerprint density at radius 1 is 1.28 bits per heavy atom. The summed E-state index contributed by atoms with van der Waals surface area (Å²) in [6, 6.07) is 5.97. The molecular weight excluding hydrogens is 381 g/mol. The zero-order chi connectivity index (χ0) is 20.0. The van der Waals surface area contributed by atoms with Crippen molar-refractivity contribution in [2.45, 2.75) is 18.9 Å². The van der Waals surface area contributed by atoms with Gasteiger partial charge in [-0.2, -0.15) is 19.6 Å². The summed E-state index contributed by atoms with van der Waals surface area (Å²) >= 11 is 0. The Labute approximate surface area is 161 Å². The molecule has 0 unspecified atom stereocenters. The molecule has 0 saturated heterocycles. The van der Waals surface area contributed by atoms with Crippen LogP contribution in [0.5, 0.6) is 17.6 Å². The summed E-state index contributed by atoms with van der Waals surface area (Å²) < 4.78 is 20.9. The summed E-state index contributed by atoms with van der Waals surface area (Å²) in [6.07, 6.45) is 4.89. The van der Waals surface area contributed by atoms with Crippen molar-refractivity contribution in [2.75, 3.05) is 0 Å². The molecule has 1 saturated carbocycles. The molecule has 11 heteroatoms. The molecule has 0 aliphatic heterocycles. The van der Waals surface area contributed by atoms with E-state index < -0.39 is 11.5 Å². The van der Waals surface area contributed by atoms with Crippen molar-refractivity contribution in [1.82, 2.24) is 29.5 Å². The number of aromatic amines is 2. The number of halogens is 1. The lowest BCUT2D eigenvalue weighted by atomic mass is 10.3. The Kier molecular flexibility index (Phi) is 3.86. The molecule has 3 N–H and O–H groups in total. The van der Waals surface area contributed by atoms with Gasteiger partial charge in [-0.25, -0.2) is 14.2 Å². The second-order valence-electron chi connectivity index (χ2n) is 6.52. The Hall–Kier alpha value is -4.02. The lowest BCUT2D eigenvalue weighted by molar-refractivity contribution is 0.406. The van der Waals surface area contributed by atoms with E-state index >= 15 is 0 Å². The van der Waals surface area contributed by atoms with E-state index in [1.54, 1.807) is 12.1 Å². The smallest absolute Gasteiger partial charge is 0.327 e. The molecule has 29 heavy (non-hydrogen) atoms. The van der Waals surface area contributed by atoms with Crippen LogP contribution in [-0.4, -0.2) is 40.7 Å². The topological polar surface area (TPSA) is 134 Å². The Morgan fingerprint density at radius 2 is 2.10 bits per heavy atom. The largest absolute Gasteiger partial charge is 0.493 e. The number of aromatic hydroxyl groups is 1. The van der Waals surface area contributed by atoms with Crippen LogP contribution in [0.3, 0.4) is 0 Å². The van der Waals surface area contributed by atoms with E-state index in [-0.39, 0.29) is 35.0 Å². The van der Waals surface area contributed by atoms with Crippen molar-refractivity contribution in [3.8, 4) is 17.6 Å². The van der Waals surface area contributed by atoms with Gasteiger partial charge < -0.3 is 14.8 Å².